The van der Waals surface area contributed by atoms with Crippen LogP contribution in [0.1, 0.15) is 12.8 Å². The van der Waals surface area contributed by atoms with Crippen LogP contribution < -0.4 is 22.5 Å². The van der Waals surface area contributed by atoms with Crippen molar-refractivity contribution in [2.24, 2.45) is 23.5 Å². The number of amides is 2. The molecule has 2 rings (SSSR count). The summed E-state index contributed by atoms with van der Waals surface area (Å²) in [6.07, 6.45) is 1.59. The molecule has 2 amide bonds. The lowest BCUT2D eigenvalue weighted by molar-refractivity contribution is -0.125. The summed E-state index contributed by atoms with van der Waals surface area (Å²) < 4.78 is 9.93. The molecule has 2 aliphatic heterocycles. The minimum Gasteiger partial charge on any atom is -0.381 e. The Balaban J connectivity index is 0.000000180. The molecule has 2 aliphatic rings. The summed E-state index contributed by atoms with van der Waals surface area (Å²) in [6.45, 7) is 2.39. The van der Waals surface area contributed by atoms with Gasteiger partial charge in [-0.2, -0.15) is 0 Å². The van der Waals surface area contributed by atoms with E-state index in [0.29, 0.717) is 26.4 Å². The van der Waals surface area contributed by atoms with Gasteiger partial charge in [0.05, 0.1) is 25.0 Å². The number of rotatable bonds is 2. The first-order valence-electron chi connectivity index (χ1n) is 5.85. The van der Waals surface area contributed by atoms with Crippen molar-refractivity contribution < 1.29 is 19.1 Å². The predicted molar refractivity (Wildman–Crippen MR) is 62.5 cm³/mol. The van der Waals surface area contributed by atoms with Crippen molar-refractivity contribution >= 4 is 11.8 Å². The molecule has 0 unspecified atom stereocenters. The van der Waals surface area contributed by atoms with Crippen LogP contribution >= 0.6 is 0 Å². The van der Waals surface area contributed by atoms with Gasteiger partial charge in [-0.1, -0.05) is 0 Å². The zero-order chi connectivity index (χ0) is 13.4. The number of carbonyl (C=O) groups excluding carboxylic acids is 2. The minimum atomic E-state index is -0.118. The summed E-state index contributed by atoms with van der Waals surface area (Å²) in [5.41, 5.74) is 4.18. The monoisotopic (exact) mass is 260 g/mol. The van der Waals surface area contributed by atoms with Gasteiger partial charge in [-0.05, 0) is 12.8 Å². The molecule has 0 aromatic carbocycles. The second kappa shape index (κ2) is 7.98. The molecule has 2 fully saturated rings. The second-order valence-corrected chi connectivity index (χ2v) is 4.14. The Hall–Kier alpha value is -1.22. The third kappa shape index (κ3) is 4.57. The van der Waals surface area contributed by atoms with Crippen molar-refractivity contribution in [2.75, 3.05) is 26.4 Å². The quantitative estimate of drug-likeness (QED) is 0.259. The van der Waals surface area contributed by atoms with Crippen LogP contribution in [-0.4, -0.2) is 38.2 Å². The summed E-state index contributed by atoms with van der Waals surface area (Å²) in [7, 11) is 0. The molecule has 6 N–H and O–H groups in total. The maximum Gasteiger partial charge on any atom is 0.239 e. The lowest BCUT2D eigenvalue weighted by Crippen LogP contribution is -2.36. The van der Waals surface area contributed by atoms with Gasteiger partial charge in [0.1, 0.15) is 0 Å². The van der Waals surface area contributed by atoms with E-state index in [-0.39, 0.29) is 23.7 Å². The fraction of sp³-hybridized carbons (Fsp3) is 0.800. The molecule has 0 bridgehead atoms. The van der Waals surface area contributed by atoms with Gasteiger partial charge in [0.15, 0.2) is 0 Å². The van der Waals surface area contributed by atoms with E-state index in [1.807, 2.05) is 0 Å². The number of hydrogen-bond acceptors (Lipinski definition) is 6. The number of ether oxygens (including phenoxy) is 2. The summed E-state index contributed by atoms with van der Waals surface area (Å²) in [6, 6.07) is 0. The topological polar surface area (TPSA) is 129 Å². The molecule has 8 heteroatoms. The summed E-state index contributed by atoms with van der Waals surface area (Å²) >= 11 is 0. The highest BCUT2D eigenvalue weighted by molar-refractivity contribution is 5.78. The SMILES string of the molecule is NNC(=O)[C@@H]1CCOC1.NNC(=O)[C@H]1CCOC1. The van der Waals surface area contributed by atoms with Gasteiger partial charge in [-0.25, -0.2) is 11.7 Å². The van der Waals surface area contributed by atoms with E-state index < -0.39 is 0 Å². The maximum atomic E-state index is 10.7. The normalized spacial score (nSPS) is 26.1. The van der Waals surface area contributed by atoms with E-state index in [0.717, 1.165) is 12.8 Å². The van der Waals surface area contributed by atoms with Crippen molar-refractivity contribution in [1.82, 2.24) is 10.9 Å². The molecule has 0 aromatic heterocycles. The number of hydrogen-bond donors (Lipinski definition) is 4. The van der Waals surface area contributed by atoms with Crippen LogP contribution in [0.2, 0.25) is 0 Å². The van der Waals surface area contributed by atoms with Gasteiger partial charge in [0.25, 0.3) is 0 Å². The smallest absolute Gasteiger partial charge is 0.239 e. The molecular formula is C10H20N4O4. The van der Waals surface area contributed by atoms with Gasteiger partial charge in [0.2, 0.25) is 11.8 Å². The molecule has 0 aromatic rings. The number of nitrogens with one attached hydrogen (secondary N) is 2. The maximum absolute atomic E-state index is 10.7. The lowest BCUT2D eigenvalue weighted by atomic mass is 10.1. The van der Waals surface area contributed by atoms with Crippen molar-refractivity contribution in [3.8, 4) is 0 Å². The molecule has 0 radical (unpaired) electrons. The van der Waals surface area contributed by atoms with Crippen LogP contribution in [0, 0.1) is 11.8 Å². The molecule has 2 atom stereocenters. The first-order chi connectivity index (χ1) is 8.69. The Morgan fingerprint density at radius 3 is 1.50 bits per heavy atom. The molecule has 0 aliphatic carbocycles. The number of carbonyl (C=O) groups is 2. The summed E-state index contributed by atoms with van der Waals surface area (Å²) in [4.78, 5) is 21.4. The van der Waals surface area contributed by atoms with Crippen LogP contribution in [0.15, 0.2) is 0 Å². The van der Waals surface area contributed by atoms with Crippen LogP contribution in [0.3, 0.4) is 0 Å². The molecule has 8 nitrogen and oxygen atoms in total. The Morgan fingerprint density at radius 2 is 1.28 bits per heavy atom. The molecule has 0 saturated carbocycles. The van der Waals surface area contributed by atoms with Crippen molar-refractivity contribution in [2.45, 2.75) is 12.8 Å². The largest absolute Gasteiger partial charge is 0.381 e. The Bertz CT molecular complexity index is 247. The van der Waals surface area contributed by atoms with E-state index in [1.54, 1.807) is 0 Å². The standard InChI is InChI=1S/2C5H10N2O2/c2*6-7-5(8)4-1-2-9-3-4/h2*4H,1-3,6H2,(H,7,8)/t2*4-/m10/s1. The van der Waals surface area contributed by atoms with Crippen LogP contribution in [-0.2, 0) is 19.1 Å². The first kappa shape index (κ1) is 14.8. The van der Waals surface area contributed by atoms with E-state index in [4.69, 9.17) is 21.2 Å². The molecule has 2 heterocycles. The molecular weight excluding hydrogens is 240 g/mol. The number of hydrazine groups is 2. The van der Waals surface area contributed by atoms with E-state index in [9.17, 15) is 9.59 Å². The van der Waals surface area contributed by atoms with E-state index in [1.165, 1.54) is 0 Å². The van der Waals surface area contributed by atoms with Gasteiger partial charge in [-0.15, -0.1) is 0 Å². The Kier molecular flexibility index (Phi) is 6.58. The van der Waals surface area contributed by atoms with Gasteiger partial charge >= 0.3 is 0 Å². The second-order valence-electron chi connectivity index (χ2n) is 4.14. The van der Waals surface area contributed by atoms with E-state index >= 15 is 0 Å². The van der Waals surface area contributed by atoms with Gasteiger partial charge in [-0.3, -0.25) is 20.4 Å². The summed E-state index contributed by atoms with van der Waals surface area (Å²) in [5, 5.41) is 0. The van der Waals surface area contributed by atoms with Crippen LogP contribution in [0.4, 0.5) is 0 Å². The van der Waals surface area contributed by atoms with Crippen molar-refractivity contribution in [1.29, 1.82) is 0 Å². The molecule has 2 saturated heterocycles. The third-order valence-electron chi connectivity index (χ3n) is 2.89. The third-order valence-corrected chi connectivity index (χ3v) is 2.89. The van der Waals surface area contributed by atoms with Gasteiger partial charge in [0, 0.05) is 13.2 Å². The average Bonchev–Trinajstić information content (AvgIpc) is 3.09. The zero-order valence-electron chi connectivity index (χ0n) is 10.2. The van der Waals surface area contributed by atoms with Crippen molar-refractivity contribution in [3.63, 3.8) is 0 Å². The molecule has 18 heavy (non-hydrogen) atoms. The fourth-order valence-corrected chi connectivity index (χ4v) is 1.72. The predicted octanol–water partition coefficient (Wildman–Crippen LogP) is -1.97. The first-order valence-corrected chi connectivity index (χ1v) is 5.85. The Morgan fingerprint density at radius 1 is 0.889 bits per heavy atom. The van der Waals surface area contributed by atoms with Crippen molar-refractivity contribution in [3.05, 3.63) is 0 Å². The highest BCUT2D eigenvalue weighted by Gasteiger charge is 2.22. The highest BCUT2D eigenvalue weighted by atomic mass is 16.5. The Labute approximate surface area is 105 Å². The summed E-state index contributed by atoms with van der Waals surface area (Å²) in [5.74, 6) is 9.52. The fourth-order valence-electron chi connectivity index (χ4n) is 1.72. The average molecular weight is 260 g/mol. The molecule has 0 spiro atoms. The van der Waals surface area contributed by atoms with Gasteiger partial charge < -0.3 is 9.47 Å². The highest BCUT2D eigenvalue weighted by Crippen LogP contribution is 2.11. The van der Waals surface area contributed by atoms with E-state index in [2.05, 4.69) is 10.9 Å². The lowest BCUT2D eigenvalue weighted by Gasteiger charge is -2.02. The zero-order valence-corrected chi connectivity index (χ0v) is 10.2. The van der Waals surface area contributed by atoms with Crippen LogP contribution in [0.5, 0.6) is 0 Å². The number of nitrogens with two attached hydrogens (primary N) is 2. The van der Waals surface area contributed by atoms with Crippen LogP contribution in [0.25, 0.3) is 0 Å². The minimum absolute atomic E-state index is 0.0185. The molecule has 104 valence electrons.